The van der Waals surface area contributed by atoms with E-state index in [1.165, 1.54) is 10.9 Å². The highest BCUT2D eigenvalue weighted by Gasteiger charge is 1.97. The molecule has 0 amide bonds. The van der Waals surface area contributed by atoms with Crippen LogP contribution < -0.4 is 0 Å². The quantitative estimate of drug-likeness (QED) is 0.571. The van der Waals surface area contributed by atoms with E-state index in [4.69, 9.17) is 0 Å². The van der Waals surface area contributed by atoms with Crippen molar-refractivity contribution in [2.24, 2.45) is 0 Å². The van der Waals surface area contributed by atoms with Gasteiger partial charge in [-0.1, -0.05) is 12.1 Å². The molecular formula is C11H10N. The number of hydrogen-bond donors (Lipinski definition) is 0. The largest absolute Gasteiger partial charge is 0.253 e. The predicted octanol–water partition coefficient (Wildman–Crippen LogP) is 2.65. The number of nitrogens with zero attached hydrogens (tertiary/aromatic N) is 1. The molecule has 0 saturated heterocycles. The van der Waals surface area contributed by atoms with Crippen molar-refractivity contribution in [1.82, 2.24) is 4.98 Å². The summed E-state index contributed by atoms with van der Waals surface area (Å²) in [6.45, 7) is 4.12. The van der Waals surface area contributed by atoms with E-state index in [0.717, 1.165) is 11.2 Å². The molecule has 59 valence electrons. The Morgan fingerprint density at radius 3 is 3.00 bits per heavy atom. The van der Waals surface area contributed by atoms with Gasteiger partial charge in [-0.05, 0) is 37.6 Å². The molecule has 0 aliphatic heterocycles. The molecule has 0 fully saturated rings. The Bertz CT molecular complexity index is 418. The van der Waals surface area contributed by atoms with Gasteiger partial charge in [0.1, 0.15) is 0 Å². The zero-order valence-electron chi connectivity index (χ0n) is 7.26. The second kappa shape index (κ2) is 2.59. The molecule has 0 aliphatic rings. The maximum Gasteiger partial charge on any atom is 0.0714 e. The van der Waals surface area contributed by atoms with Gasteiger partial charge in [0, 0.05) is 11.1 Å². The zero-order chi connectivity index (χ0) is 8.55. The lowest BCUT2D eigenvalue weighted by Crippen LogP contribution is -1.86. The predicted molar refractivity (Wildman–Crippen MR) is 50.1 cm³/mol. The Hall–Kier alpha value is -1.37. The standard InChI is InChI=1S/C11H10N/c1-8-7-9(2)12-11-6-4-3-5-10(8)11/h3,5-7H,1-2H3. The summed E-state index contributed by atoms with van der Waals surface area (Å²) in [6.07, 6.45) is 0. The van der Waals surface area contributed by atoms with Crippen LogP contribution in [0.1, 0.15) is 11.3 Å². The maximum absolute atomic E-state index is 4.41. The van der Waals surface area contributed by atoms with Gasteiger partial charge in [0.05, 0.1) is 5.52 Å². The van der Waals surface area contributed by atoms with Crippen LogP contribution in [0.3, 0.4) is 0 Å². The van der Waals surface area contributed by atoms with E-state index < -0.39 is 0 Å². The molecule has 2 aromatic rings. The van der Waals surface area contributed by atoms with E-state index in [1.54, 1.807) is 0 Å². The Balaban J connectivity index is 2.89. The van der Waals surface area contributed by atoms with Gasteiger partial charge in [-0.3, -0.25) is 4.98 Å². The van der Waals surface area contributed by atoms with Gasteiger partial charge in [0.15, 0.2) is 0 Å². The highest BCUT2D eigenvalue weighted by Crippen LogP contribution is 2.16. The third-order valence-electron chi connectivity index (χ3n) is 1.99. The molecule has 1 aromatic carbocycles. The van der Waals surface area contributed by atoms with Gasteiger partial charge >= 0.3 is 0 Å². The van der Waals surface area contributed by atoms with Gasteiger partial charge in [0.25, 0.3) is 0 Å². The minimum Gasteiger partial charge on any atom is -0.253 e. The molecule has 0 spiro atoms. The smallest absolute Gasteiger partial charge is 0.0714 e. The second-order valence-corrected chi connectivity index (χ2v) is 3.02. The number of benzene rings is 1. The molecule has 0 bridgehead atoms. The number of rotatable bonds is 0. The lowest BCUT2D eigenvalue weighted by atomic mass is 10.1. The highest BCUT2D eigenvalue weighted by molar-refractivity contribution is 5.81. The van der Waals surface area contributed by atoms with Gasteiger partial charge in [-0.15, -0.1) is 0 Å². The molecule has 1 nitrogen and oxygen atoms in total. The first-order chi connectivity index (χ1) is 5.77. The molecule has 12 heavy (non-hydrogen) atoms. The minimum atomic E-state index is 1.04. The molecule has 1 heterocycles. The number of aryl methyl sites for hydroxylation is 2. The summed E-state index contributed by atoms with van der Waals surface area (Å²) < 4.78 is 0. The molecule has 1 heteroatoms. The normalized spacial score (nSPS) is 10.5. The fourth-order valence-electron chi connectivity index (χ4n) is 1.46. The fraction of sp³-hybridized carbons (Fsp3) is 0.182. The topological polar surface area (TPSA) is 12.9 Å². The monoisotopic (exact) mass is 156 g/mol. The van der Waals surface area contributed by atoms with Crippen LogP contribution in [-0.2, 0) is 0 Å². The first-order valence-corrected chi connectivity index (χ1v) is 4.01. The van der Waals surface area contributed by atoms with Crippen molar-refractivity contribution in [3.63, 3.8) is 0 Å². The summed E-state index contributed by atoms with van der Waals surface area (Å²) >= 11 is 0. The van der Waals surface area contributed by atoms with Crippen molar-refractivity contribution in [2.75, 3.05) is 0 Å². The van der Waals surface area contributed by atoms with Crippen molar-refractivity contribution >= 4 is 10.9 Å². The molecule has 0 atom stereocenters. The Kier molecular flexibility index (Phi) is 1.58. The van der Waals surface area contributed by atoms with Gasteiger partial charge in [0.2, 0.25) is 0 Å². The first kappa shape index (κ1) is 7.29. The van der Waals surface area contributed by atoms with E-state index in [-0.39, 0.29) is 0 Å². The number of aromatic nitrogens is 1. The third-order valence-corrected chi connectivity index (χ3v) is 1.99. The molecule has 0 saturated carbocycles. The van der Waals surface area contributed by atoms with Crippen LogP contribution >= 0.6 is 0 Å². The van der Waals surface area contributed by atoms with Crippen molar-refractivity contribution in [1.29, 1.82) is 0 Å². The van der Waals surface area contributed by atoms with Crippen LogP contribution in [0.2, 0.25) is 0 Å². The van der Waals surface area contributed by atoms with E-state index in [9.17, 15) is 0 Å². The summed E-state index contributed by atoms with van der Waals surface area (Å²) in [5.74, 6) is 0. The third kappa shape index (κ3) is 1.07. The zero-order valence-corrected chi connectivity index (χ0v) is 7.26. The van der Waals surface area contributed by atoms with E-state index in [1.807, 2.05) is 19.1 Å². The molecule has 0 N–H and O–H groups in total. The van der Waals surface area contributed by atoms with Crippen LogP contribution in [0.5, 0.6) is 0 Å². The van der Waals surface area contributed by atoms with Crippen molar-refractivity contribution < 1.29 is 0 Å². The summed E-state index contributed by atoms with van der Waals surface area (Å²) in [7, 11) is 0. The number of fused-ring (bicyclic) bond motifs is 1. The Morgan fingerprint density at radius 1 is 1.33 bits per heavy atom. The van der Waals surface area contributed by atoms with Crippen molar-refractivity contribution in [3.8, 4) is 0 Å². The highest BCUT2D eigenvalue weighted by atomic mass is 14.7. The molecular weight excluding hydrogens is 146 g/mol. The molecule has 1 radical (unpaired) electrons. The van der Waals surface area contributed by atoms with E-state index >= 15 is 0 Å². The lowest BCUT2D eigenvalue weighted by Gasteiger charge is -2.01. The van der Waals surface area contributed by atoms with E-state index in [2.05, 4.69) is 30.1 Å². The number of hydrogen-bond acceptors (Lipinski definition) is 1. The minimum absolute atomic E-state index is 1.04. The Morgan fingerprint density at radius 2 is 2.17 bits per heavy atom. The summed E-state index contributed by atoms with van der Waals surface area (Å²) in [4.78, 5) is 4.41. The summed E-state index contributed by atoms with van der Waals surface area (Å²) in [5.41, 5.74) is 3.39. The van der Waals surface area contributed by atoms with E-state index in [0.29, 0.717) is 0 Å². The van der Waals surface area contributed by atoms with Crippen LogP contribution in [0.25, 0.3) is 10.9 Å². The van der Waals surface area contributed by atoms with Crippen molar-refractivity contribution in [3.05, 3.63) is 41.6 Å². The fourth-order valence-corrected chi connectivity index (χ4v) is 1.46. The summed E-state index contributed by atoms with van der Waals surface area (Å²) in [6, 6.07) is 11.0. The summed E-state index contributed by atoms with van der Waals surface area (Å²) in [5, 5.41) is 1.22. The van der Waals surface area contributed by atoms with Crippen molar-refractivity contribution in [2.45, 2.75) is 13.8 Å². The first-order valence-electron chi connectivity index (χ1n) is 4.01. The molecule has 0 unspecified atom stereocenters. The molecule has 1 aromatic heterocycles. The average molecular weight is 156 g/mol. The van der Waals surface area contributed by atoms with Gasteiger partial charge in [-0.25, -0.2) is 0 Å². The van der Waals surface area contributed by atoms with Gasteiger partial charge < -0.3 is 0 Å². The van der Waals surface area contributed by atoms with Crippen LogP contribution in [0, 0.1) is 19.9 Å². The van der Waals surface area contributed by atoms with Crippen LogP contribution in [-0.4, -0.2) is 4.98 Å². The van der Waals surface area contributed by atoms with Crippen LogP contribution in [0.15, 0.2) is 24.3 Å². The Labute approximate surface area is 72.1 Å². The second-order valence-electron chi connectivity index (χ2n) is 3.02. The lowest BCUT2D eigenvalue weighted by molar-refractivity contribution is 1.23. The molecule has 2 rings (SSSR count). The van der Waals surface area contributed by atoms with Crippen LogP contribution in [0.4, 0.5) is 0 Å². The average Bonchev–Trinajstić information content (AvgIpc) is 2.04. The maximum atomic E-state index is 4.41. The number of pyridine rings is 1. The SMILES string of the molecule is Cc1cc(C)c2cc[c]cc2n1. The van der Waals surface area contributed by atoms with Gasteiger partial charge in [-0.2, -0.15) is 0 Å². The molecule has 0 aliphatic carbocycles.